The van der Waals surface area contributed by atoms with Crippen molar-refractivity contribution in [2.24, 2.45) is 0 Å². The fraction of sp³-hybridized carbons (Fsp3) is 0.316. The van der Waals surface area contributed by atoms with E-state index in [1.165, 1.54) is 18.2 Å². The smallest absolute Gasteiger partial charge is 0.337 e. The number of fused-ring (bicyclic) bond motifs is 1. The normalized spacial score (nSPS) is 13.1. The van der Waals surface area contributed by atoms with Crippen LogP contribution in [-0.4, -0.2) is 13.1 Å². The maximum Gasteiger partial charge on any atom is 0.337 e. The van der Waals surface area contributed by atoms with Crippen LogP contribution < -0.4 is 0 Å². The Morgan fingerprint density at radius 2 is 1.77 bits per heavy atom. The summed E-state index contributed by atoms with van der Waals surface area (Å²) in [6, 6.07) is 6.93. The van der Waals surface area contributed by atoms with E-state index in [2.05, 4.69) is 0 Å². The van der Waals surface area contributed by atoms with Crippen molar-refractivity contribution in [1.29, 1.82) is 0 Å². The van der Waals surface area contributed by atoms with E-state index < -0.39 is 0 Å². The van der Waals surface area contributed by atoms with E-state index in [0.717, 1.165) is 41.5 Å². The Hall–Kier alpha value is -2.16. The maximum absolute atomic E-state index is 13.6. The highest BCUT2D eigenvalue weighted by Crippen LogP contribution is 2.37. The quantitative estimate of drug-likeness (QED) is 0.769. The van der Waals surface area contributed by atoms with E-state index >= 15 is 0 Å². The molecule has 3 rings (SSSR count). The van der Waals surface area contributed by atoms with E-state index in [9.17, 15) is 9.18 Å². The van der Waals surface area contributed by atoms with Gasteiger partial charge in [0.1, 0.15) is 5.82 Å². The number of aryl methyl sites for hydroxylation is 3. The van der Waals surface area contributed by atoms with Gasteiger partial charge in [-0.15, -0.1) is 0 Å². The summed E-state index contributed by atoms with van der Waals surface area (Å²) in [7, 11) is 1.39. The summed E-state index contributed by atoms with van der Waals surface area (Å²) in [6.07, 6.45) is 3.07. The number of carbonyl (C=O) groups excluding carboxylic acids is 1. The Bertz CT molecular complexity index is 739. The van der Waals surface area contributed by atoms with Gasteiger partial charge in [-0.1, -0.05) is 0 Å². The highest BCUT2D eigenvalue weighted by molar-refractivity contribution is 5.92. The van der Waals surface area contributed by atoms with Crippen LogP contribution in [0.25, 0.3) is 11.1 Å². The molecule has 22 heavy (non-hydrogen) atoms. The molecule has 0 aliphatic heterocycles. The number of benzene rings is 2. The summed E-state index contributed by atoms with van der Waals surface area (Å²) < 4.78 is 18.5. The van der Waals surface area contributed by atoms with Gasteiger partial charge in [-0.2, -0.15) is 0 Å². The second kappa shape index (κ2) is 5.56. The summed E-state index contributed by atoms with van der Waals surface area (Å²) in [5.74, 6) is -0.548. The molecule has 0 aromatic heterocycles. The van der Waals surface area contributed by atoms with Crippen LogP contribution in [0.15, 0.2) is 24.3 Å². The summed E-state index contributed by atoms with van der Waals surface area (Å²) in [5.41, 5.74) is 6.94. The third-order valence-electron chi connectivity index (χ3n) is 4.40. The van der Waals surface area contributed by atoms with Gasteiger partial charge in [0.25, 0.3) is 0 Å². The number of halogens is 1. The molecule has 0 saturated heterocycles. The molecule has 2 aromatic carbocycles. The second-order valence-corrected chi connectivity index (χ2v) is 5.92. The van der Waals surface area contributed by atoms with Gasteiger partial charge >= 0.3 is 5.97 Å². The van der Waals surface area contributed by atoms with Crippen molar-refractivity contribution in [3.63, 3.8) is 0 Å². The summed E-state index contributed by atoms with van der Waals surface area (Å²) >= 11 is 0. The fourth-order valence-electron chi connectivity index (χ4n) is 3.50. The molecule has 0 bridgehead atoms. The second-order valence-electron chi connectivity index (χ2n) is 5.92. The van der Waals surface area contributed by atoms with Gasteiger partial charge in [-0.25, -0.2) is 9.18 Å². The first-order chi connectivity index (χ1) is 10.5. The highest BCUT2D eigenvalue weighted by Gasteiger charge is 2.21. The van der Waals surface area contributed by atoms with Crippen LogP contribution in [0.4, 0.5) is 4.39 Å². The largest absolute Gasteiger partial charge is 0.465 e. The molecule has 0 radical (unpaired) electrons. The highest BCUT2D eigenvalue weighted by atomic mass is 19.1. The van der Waals surface area contributed by atoms with Crippen LogP contribution in [0, 0.1) is 19.7 Å². The molecule has 0 fully saturated rings. The first-order valence-corrected chi connectivity index (χ1v) is 7.52. The molecule has 0 saturated carbocycles. The first kappa shape index (κ1) is 14.8. The van der Waals surface area contributed by atoms with Gasteiger partial charge in [0, 0.05) is 0 Å². The lowest BCUT2D eigenvalue weighted by Gasteiger charge is -2.16. The van der Waals surface area contributed by atoms with Crippen molar-refractivity contribution in [3.05, 3.63) is 57.9 Å². The minimum Gasteiger partial charge on any atom is -0.465 e. The fourth-order valence-corrected chi connectivity index (χ4v) is 3.50. The Balaban J connectivity index is 2.27. The molecule has 0 unspecified atom stereocenters. The number of hydrogen-bond acceptors (Lipinski definition) is 2. The average molecular weight is 298 g/mol. The summed E-state index contributed by atoms with van der Waals surface area (Å²) in [4.78, 5) is 11.9. The Labute approximate surface area is 129 Å². The van der Waals surface area contributed by atoms with Gasteiger partial charge in [0.05, 0.1) is 12.7 Å². The molecule has 3 heteroatoms. The number of rotatable bonds is 2. The van der Waals surface area contributed by atoms with Crippen molar-refractivity contribution in [1.82, 2.24) is 0 Å². The Morgan fingerprint density at radius 3 is 2.41 bits per heavy atom. The zero-order chi connectivity index (χ0) is 15.9. The molecule has 0 amide bonds. The molecular weight excluding hydrogens is 279 g/mol. The van der Waals surface area contributed by atoms with Crippen LogP contribution in [0.3, 0.4) is 0 Å². The number of methoxy groups -OCH3 is 1. The average Bonchev–Trinajstić information content (AvgIpc) is 2.93. The lowest BCUT2D eigenvalue weighted by molar-refractivity contribution is 0.0600. The van der Waals surface area contributed by atoms with Crippen LogP contribution in [-0.2, 0) is 17.6 Å². The van der Waals surface area contributed by atoms with Crippen molar-refractivity contribution in [2.45, 2.75) is 33.1 Å². The zero-order valence-electron chi connectivity index (χ0n) is 13.1. The molecule has 0 spiro atoms. The third kappa shape index (κ3) is 2.41. The van der Waals surface area contributed by atoms with Gasteiger partial charge in [0.15, 0.2) is 0 Å². The van der Waals surface area contributed by atoms with Gasteiger partial charge in [0.2, 0.25) is 0 Å². The Morgan fingerprint density at radius 1 is 1.09 bits per heavy atom. The van der Waals surface area contributed by atoms with Crippen molar-refractivity contribution < 1.29 is 13.9 Å². The predicted molar refractivity (Wildman–Crippen MR) is 84.7 cm³/mol. The molecule has 1 aliphatic rings. The maximum atomic E-state index is 13.6. The predicted octanol–water partition coefficient (Wildman–Crippen LogP) is 4.38. The van der Waals surface area contributed by atoms with Crippen LogP contribution in [0.1, 0.15) is 39.0 Å². The molecule has 0 N–H and O–H groups in total. The molecule has 2 nitrogen and oxygen atoms in total. The summed E-state index contributed by atoms with van der Waals surface area (Å²) in [6.45, 7) is 3.83. The van der Waals surface area contributed by atoms with Crippen LogP contribution in [0.2, 0.25) is 0 Å². The number of carbonyl (C=O) groups is 1. The van der Waals surface area contributed by atoms with Crippen LogP contribution >= 0.6 is 0 Å². The number of hydrogen-bond donors (Lipinski definition) is 0. The van der Waals surface area contributed by atoms with Gasteiger partial charge in [-0.3, -0.25) is 0 Å². The molecule has 0 atom stereocenters. The van der Waals surface area contributed by atoms with E-state index in [1.54, 1.807) is 12.1 Å². The molecule has 2 aromatic rings. The summed E-state index contributed by atoms with van der Waals surface area (Å²) in [5, 5.41) is 0. The van der Waals surface area contributed by atoms with Gasteiger partial charge in [-0.05, 0) is 90.8 Å². The molecule has 1 aliphatic carbocycles. The van der Waals surface area contributed by atoms with E-state index in [0.29, 0.717) is 5.56 Å². The third-order valence-corrected chi connectivity index (χ3v) is 4.40. The minimum atomic E-state index is -0.326. The van der Waals surface area contributed by atoms with E-state index in [1.807, 2.05) is 26.0 Å². The van der Waals surface area contributed by atoms with Crippen molar-refractivity contribution in [3.8, 4) is 11.1 Å². The number of ether oxygens (including phenoxy) is 1. The minimum absolute atomic E-state index is 0.223. The number of esters is 1. The molecule has 114 valence electrons. The Kier molecular flexibility index (Phi) is 3.73. The first-order valence-electron chi connectivity index (χ1n) is 7.52. The van der Waals surface area contributed by atoms with E-state index in [4.69, 9.17) is 4.74 Å². The lowest BCUT2D eigenvalue weighted by atomic mass is 9.89. The molecule has 0 heterocycles. The zero-order valence-corrected chi connectivity index (χ0v) is 13.1. The van der Waals surface area contributed by atoms with Gasteiger partial charge < -0.3 is 4.74 Å². The molecular formula is C19H19FO2. The van der Waals surface area contributed by atoms with Crippen molar-refractivity contribution >= 4 is 5.97 Å². The SMILES string of the molecule is COC(=O)c1cc2c(c(-c3c(C)cc(F)cc3C)c1)CCC2. The van der Waals surface area contributed by atoms with E-state index in [-0.39, 0.29) is 11.8 Å². The standard InChI is InChI=1S/C19H19FO2/c1-11-7-15(20)8-12(2)18(11)17-10-14(19(21)22-3)9-13-5-4-6-16(13)17/h7-10H,4-6H2,1-3H3. The monoisotopic (exact) mass is 298 g/mol. The lowest BCUT2D eigenvalue weighted by Crippen LogP contribution is -2.04. The van der Waals surface area contributed by atoms with Crippen LogP contribution in [0.5, 0.6) is 0 Å². The van der Waals surface area contributed by atoms with Crippen molar-refractivity contribution in [2.75, 3.05) is 7.11 Å². The topological polar surface area (TPSA) is 26.3 Å².